The number of unbranched alkanes of at least 4 members (excludes halogenated alkanes) is 2. The van der Waals surface area contributed by atoms with Crippen molar-refractivity contribution in [3.63, 3.8) is 0 Å². The molecule has 4 nitrogen and oxygen atoms in total. The van der Waals surface area contributed by atoms with Crippen molar-refractivity contribution in [2.45, 2.75) is 78.3 Å². The molecule has 2 rings (SSSR count). The molecule has 178 valence electrons. The molecule has 0 fully saturated rings. The number of hydrogen-bond acceptors (Lipinski definition) is 2. The van der Waals surface area contributed by atoms with Gasteiger partial charge >= 0.3 is 0 Å². The molecule has 0 saturated carbocycles. The summed E-state index contributed by atoms with van der Waals surface area (Å²) in [5.41, 5.74) is 4.62. The molecule has 0 heterocycles. The second-order valence-electron chi connectivity index (χ2n) is 8.71. The van der Waals surface area contributed by atoms with Crippen molar-refractivity contribution >= 4 is 11.8 Å². The average molecular weight is 457 g/mol. The van der Waals surface area contributed by atoms with E-state index >= 15 is 0 Å². The van der Waals surface area contributed by atoms with Gasteiger partial charge in [-0.2, -0.15) is 0 Å². The zero-order chi connectivity index (χ0) is 24.8. The number of carbonyl (C=O) groups is 2. The van der Waals surface area contributed by atoms with E-state index in [1.165, 1.54) is 11.1 Å². The summed E-state index contributed by atoms with van der Waals surface area (Å²) in [5, 5.41) is 6.05. The lowest BCUT2D eigenvalue weighted by Crippen LogP contribution is -2.26. The third kappa shape index (κ3) is 10.4. The van der Waals surface area contributed by atoms with Crippen molar-refractivity contribution in [3.8, 4) is 23.7 Å². The second-order valence-corrected chi connectivity index (χ2v) is 8.71. The maximum Gasteiger partial charge on any atom is 0.220 e. The van der Waals surface area contributed by atoms with Gasteiger partial charge in [0.1, 0.15) is 0 Å². The number of rotatable bonds is 10. The lowest BCUT2D eigenvalue weighted by molar-refractivity contribution is -0.122. The zero-order valence-electron chi connectivity index (χ0n) is 20.8. The third-order valence-corrected chi connectivity index (χ3v) is 5.56. The summed E-state index contributed by atoms with van der Waals surface area (Å²) < 4.78 is 0. The monoisotopic (exact) mass is 456 g/mol. The second kappa shape index (κ2) is 14.6. The molecule has 2 unspecified atom stereocenters. The van der Waals surface area contributed by atoms with Crippen LogP contribution in [0, 0.1) is 37.5 Å². The van der Waals surface area contributed by atoms with Crippen LogP contribution in [0.5, 0.6) is 0 Å². The molecule has 0 aliphatic heterocycles. The van der Waals surface area contributed by atoms with Crippen molar-refractivity contribution < 1.29 is 9.59 Å². The Morgan fingerprint density at radius 1 is 0.676 bits per heavy atom. The third-order valence-electron chi connectivity index (χ3n) is 5.56. The minimum absolute atomic E-state index is 0.00190. The predicted molar refractivity (Wildman–Crippen MR) is 139 cm³/mol. The van der Waals surface area contributed by atoms with Crippen LogP contribution in [-0.2, 0) is 9.59 Å². The molecule has 0 aliphatic carbocycles. The Labute approximate surface area is 204 Å². The van der Waals surface area contributed by atoms with Crippen molar-refractivity contribution in [2.75, 3.05) is 0 Å². The summed E-state index contributed by atoms with van der Waals surface area (Å²) >= 11 is 0. The Kier molecular flexibility index (Phi) is 11.5. The standard InChI is InChI=1S/C30H36N2O2/c1-23-15-19-27(20-16-23)25(3)31-29(33)13-11-9-7-5-6-8-10-12-14-30(34)32-26(4)28-21-17-24(2)18-22-28/h15-22,25-26H,9-14H2,1-4H3,(H,31,33)(H,32,34). The average Bonchev–Trinajstić information content (AvgIpc) is 2.81. The fourth-order valence-corrected chi connectivity index (χ4v) is 3.39. The van der Waals surface area contributed by atoms with Crippen LogP contribution < -0.4 is 10.6 Å². The smallest absolute Gasteiger partial charge is 0.220 e. The van der Waals surface area contributed by atoms with Crippen molar-refractivity contribution in [1.82, 2.24) is 10.6 Å². The molecular weight excluding hydrogens is 420 g/mol. The summed E-state index contributed by atoms with van der Waals surface area (Å²) in [6, 6.07) is 16.4. The number of amides is 2. The van der Waals surface area contributed by atoms with Crippen LogP contribution in [0.1, 0.15) is 86.7 Å². The van der Waals surface area contributed by atoms with Gasteiger partial charge in [0.25, 0.3) is 0 Å². The van der Waals surface area contributed by atoms with Gasteiger partial charge in [-0.05, 0) is 63.5 Å². The van der Waals surface area contributed by atoms with Crippen LogP contribution >= 0.6 is 0 Å². The maximum atomic E-state index is 12.1. The van der Waals surface area contributed by atoms with Crippen LogP contribution in [-0.4, -0.2) is 11.8 Å². The predicted octanol–water partition coefficient (Wildman–Crippen LogP) is 5.71. The van der Waals surface area contributed by atoms with Gasteiger partial charge in [-0.3, -0.25) is 9.59 Å². The summed E-state index contributed by atoms with van der Waals surface area (Å²) in [4.78, 5) is 24.2. The molecular formula is C30H36N2O2. The van der Waals surface area contributed by atoms with E-state index in [1.807, 2.05) is 52.0 Å². The number of benzene rings is 2. The number of carbonyl (C=O) groups excluding carboxylic acids is 2. The Morgan fingerprint density at radius 2 is 1.03 bits per heavy atom. The molecule has 0 bridgehead atoms. The molecule has 0 saturated heterocycles. The highest BCUT2D eigenvalue weighted by molar-refractivity contribution is 5.76. The van der Waals surface area contributed by atoms with E-state index in [2.05, 4.69) is 58.6 Å². The first-order valence-electron chi connectivity index (χ1n) is 12.0. The minimum atomic E-state index is -0.00190. The van der Waals surface area contributed by atoms with E-state index in [1.54, 1.807) is 0 Å². The van der Waals surface area contributed by atoms with Gasteiger partial charge in [-0.1, -0.05) is 71.5 Å². The molecule has 2 aromatic rings. The van der Waals surface area contributed by atoms with Gasteiger partial charge in [-0.25, -0.2) is 0 Å². The molecule has 2 atom stereocenters. The van der Waals surface area contributed by atoms with Gasteiger partial charge in [-0.15, -0.1) is 0 Å². The van der Waals surface area contributed by atoms with Crippen molar-refractivity contribution in [3.05, 3.63) is 70.8 Å². The highest BCUT2D eigenvalue weighted by Crippen LogP contribution is 2.14. The van der Waals surface area contributed by atoms with Gasteiger partial charge in [0.2, 0.25) is 11.8 Å². The molecule has 2 aromatic carbocycles. The van der Waals surface area contributed by atoms with E-state index in [9.17, 15) is 9.59 Å². The number of aryl methyl sites for hydroxylation is 2. The summed E-state index contributed by atoms with van der Waals surface area (Å²) in [6.45, 7) is 8.08. The summed E-state index contributed by atoms with van der Waals surface area (Å²) in [7, 11) is 0. The lowest BCUT2D eigenvalue weighted by Gasteiger charge is -2.14. The number of hydrogen-bond donors (Lipinski definition) is 2. The molecule has 34 heavy (non-hydrogen) atoms. The van der Waals surface area contributed by atoms with Crippen LogP contribution in [0.25, 0.3) is 0 Å². The van der Waals surface area contributed by atoms with Crippen LogP contribution in [0.3, 0.4) is 0 Å². The first-order valence-corrected chi connectivity index (χ1v) is 12.0. The van der Waals surface area contributed by atoms with Crippen molar-refractivity contribution in [1.29, 1.82) is 0 Å². The quantitative estimate of drug-likeness (QED) is 0.356. The molecule has 2 N–H and O–H groups in total. The molecule has 0 radical (unpaired) electrons. The first kappa shape index (κ1) is 26.7. The SMILES string of the molecule is Cc1ccc(C(C)NC(=O)CCCC#CC#CCCCC(=O)NC(C)c2ccc(C)cc2)cc1. The summed E-state index contributed by atoms with van der Waals surface area (Å²) in [5.74, 6) is 11.7. The zero-order valence-corrected chi connectivity index (χ0v) is 20.8. The van der Waals surface area contributed by atoms with Crippen LogP contribution in [0.2, 0.25) is 0 Å². The highest BCUT2D eigenvalue weighted by atomic mass is 16.2. The molecule has 0 spiro atoms. The maximum absolute atomic E-state index is 12.1. The van der Waals surface area contributed by atoms with Gasteiger partial charge < -0.3 is 10.6 Å². The Bertz CT molecular complexity index is 960. The minimum Gasteiger partial charge on any atom is -0.350 e. The molecule has 0 aromatic heterocycles. The van der Waals surface area contributed by atoms with E-state index in [0.717, 1.165) is 11.1 Å². The fraction of sp³-hybridized carbons (Fsp3) is 0.400. The van der Waals surface area contributed by atoms with Crippen LogP contribution in [0.4, 0.5) is 0 Å². The topological polar surface area (TPSA) is 58.2 Å². The Balaban J connectivity index is 1.55. The van der Waals surface area contributed by atoms with Gasteiger partial charge in [0.15, 0.2) is 0 Å². The van der Waals surface area contributed by atoms with E-state index in [0.29, 0.717) is 38.5 Å². The highest BCUT2D eigenvalue weighted by Gasteiger charge is 2.09. The van der Waals surface area contributed by atoms with E-state index in [4.69, 9.17) is 0 Å². The van der Waals surface area contributed by atoms with Crippen LogP contribution in [0.15, 0.2) is 48.5 Å². The Hall–Kier alpha value is -3.50. The molecule has 2 amide bonds. The van der Waals surface area contributed by atoms with E-state index in [-0.39, 0.29) is 23.9 Å². The van der Waals surface area contributed by atoms with E-state index < -0.39 is 0 Å². The lowest BCUT2D eigenvalue weighted by atomic mass is 10.1. The first-order chi connectivity index (χ1) is 16.3. The molecule has 4 heteroatoms. The Morgan fingerprint density at radius 3 is 1.38 bits per heavy atom. The molecule has 0 aliphatic rings. The van der Waals surface area contributed by atoms with Crippen molar-refractivity contribution in [2.24, 2.45) is 0 Å². The van der Waals surface area contributed by atoms with Gasteiger partial charge in [0.05, 0.1) is 12.1 Å². The fourth-order valence-electron chi connectivity index (χ4n) is 3.39. The normalized spacial score (nSPS) is 11.8. The largest absolute Gasteiger partial charge is 0.350 e. The van der Waals surface area contributed by atoms with Gasteiger partial charge in [0, 0.05) is 25.7 Å². The summed E-state index contributed by atoms with van der Waals surface area (Å²) in [6.07, 6.45) is 3.60. The number of nitrogens with one attached hydrogen (secondary N) is 2.